The molecule has 0 fully saturated rings. The fourth-order valence-corrected chi connectivity index (χ4v) is 2.32. The van der Waals surface area contributed by atoms with Crippen LogP contribution in [0.3, 0.4) is 0 Å². The van der Waals surface area contributed by atoms with E-state index in [0.717, 1.165) is 10.0 Å². The normalized spacial score (nSPS) is 10.1. The number of anilines is 1. The summed E-state index contributed by atoms with van der Waals surface area (Å²) in [5.74, 6) is 0. The molecule has 0 saturated carbocycles. The first kappa shape index (κ1) is 9.56. The second-order valence-electron chi connectivity index (χ2n) is 2.93. The molecule has 1 heterocycles. The average Bonchev–Trinajstić information content (AvgIpc) is 2.65. The number of thiophene rings is 1. The standard InChI is InChI=1S/C11H10ClNS/c1-13-9-4-2-8(3-5-9)10-6-7-11(12)14-10/h2-7,13H,1H3. The highest BCUT2D eigenvalue weighted by molar-refractivity contribution is 7.19. The van der Waals surface area contributed by atoms with Crippen molar-refractivity contribution in [2.24, 2.45) is 0 Å². The molecule has 0 aliphatic rings. The second-order valence-corrected chi connectivity index (χ2v) is 4.65. The van der Waals surface area contributed by atoms with Gasteiger partial charge < -0.3 is 5.32 Å². The Morgan fingerprint density at radius 2 is 1.79 bits per heavy atom. The Balaban J connectivity index is 2.33. The van der Waals surface area contributed by atoms with Crippen molar-refractivity contribution in [3.05, 3.63) is 40.7 Å². The Bertz CT molecular complexity index is 419. The summed E-state index contributed by atoms with van der Waals surface area (Å²) in [6.45, 7) is 0. The zero-order chi connectivity index (χ0) is 9.97. The van der Waals surface area contributed by atoms with E-state index in [4.69, 9.17) is 11.6 Å². The van der Waals surface area contributed by atoms with Gasteiger partial charge in [-0.15, -0.1) is 11.3 Å². The molecule has 1 aromatic heterocycles. The van der Waals surface area contributed by atoms with Crippen molar-refractivity contribution in [1.29, 1.82) is 0 Å². The summed E-state index contributed by atoms with van der Waals surface area (Å²) in [7, 11) is 1.91. The molecule has 0 amide bonds. The van der Waals surface area contributed by atoms with Gasteiger partial charge in [-0.05, 0) is 29.8 Å². The van der Waals surface area contributed by atoms with Crippen molar-refractivity contribution in [3.63, 3.8) is 0 Å². The van der Waals surface area contributed by atoms with E-state index in [0.29, 0.717) is 0 Å². The van der Waals surface area contributed by atoms with Crippen LogP contribution in [0.5, 0.6) is 0 Å². The second kappa shape index (κ2) is 4.03. The van der Waals surface area contributed by atoms with Crippen LogP contribution in [0.4, 0.5) is 5.69 Å². The van der Waals surface area contributed by atoms with E-state index in [-0.39, 0.29) is 0 Å². The Hall–Kier alpha value is -0.990. The fourth-order valence-electron chi connectivity index (χ4n) is 1.27. The van der Waals surface area contributed by atoms with Crippen LogP contribution < -0.4 is 5.32 Å². The van der Waals surface area contributed by atoms with E-state index >= 15 is 0 Å². The molecule has 3 heteroatoms. The van der Waals surface area contributed by atoms with Gasteiger partial charge in [0.15, 0.2) is 0 Å². The van der Waals surface area contributed by atoms with Gasteiger partial charge in [0.1, 0.15) is 0 Å². The van der Waals surface area contributed by atoms with Crippen LogP contribution in [0.25, 0.3) is 10.4 Å². The summed E-state index contributed by atoms with van der Waals surface area (Å²) in [5.41, 5.74) is 2.33. The molecule has 2 aromatic rings. The van der Waals surface area contributed by atoms with Crippen molar-refractivity contribution in [2.75, 3.05) is 12.4 Å². The maximum Gasteiger partial charge on any atom is 0.0934 e. The van der Waals surface area contributed by atoms with Crippen molar-refractivity contribution in [2.45, 2.75) is 0 Å². The van der Waals surface area contributed by atoms with Gasteiger partial charge in [0.25, 0.3) is 0 Å². The minimum Gasteiger partial charge on any atom is -0.388 e. The first-order valence-corrected chi connectivity index (χ1v) is 5.52. The lowest BCUT2D eigenvalue weighted by molar-refractivity contribution is 1.51. The van der Waals surface area contributed by atoms with Crippen LogP contribution in [0.15, 0.2) is 36.4 Å². The molecule has 0 aliphatic heterocycles. The van der Waals surface area contributed by atoms with Crippen LogP contribution in [-0.2, 0) is 0 Å². The van der Waals surface area contributed by atoms with Crippen molar-refractivity contribution in [3.8, 4) is 10.4 Å². The minimum atomic E-state index is 0.831. The smallest absolute Gasteiger partial charge is 0.0934 e. The van der Waals surface area contributed by atoms with Crippen LogP contribution in [0.2, 0.25) is 4.34 Å². The molecule has 0 bridgehead atoms. The van der Waals surface area contributed by atoms with E-state index < -0.39 is 0 Å². The Morgan fingerprint density at radius 3 is 2.29 bits per heavy atom. The molecule has 0 atom stereocenters. The summed E-state index contributed by atoms with van der Waals surface area (Å²) >= 11 is 7.47. The maximum absolute atomic E-state index is 5.88. The Kier molecular flexibility index (Phi) is 2.75. The van der Waals surface area contributed by atoms with Crippen molar-refractivity contribution >= 4 is 28.6 Å². The summed E-state index contributed by atoms with van der Waals surface area (Å²) in [5, 5.41) is 3.09. The predicted molar refractivity (Wildman–Crippen MR) is 64.3 cm³/mol. The molecular weight excluding hydrogens is 214 g/mol. The van der Waals surface area contributed by atoms with Crippen LogP contribution in [0.1, 0.15) is 0 Å². The van der Waals surface area contributed by atoms with Gasteiger partial charge in [-0.3, -0.25) is 0 Å². The maximum atomic E-state index is 5.88. The molecule has 72 valence electrons. The third-order valence-corrected chi connectivity index (χ3v) is 3.31. The third kappa shape index (κ3) is 1.91. The summed E-state index contributed by atoms with van der Waals surface area (Å²) < 4.78 is 0.831. The quantitative estimate of drug-likeness (QED) is 0.808. The number of nitrogens with one attached hydrogen (secondary N) is 1. The molecule has 14 heavy (non-hydrogen) atoms. The zero-order valence-electron chi connectivity index (χ0n) is 7.75. The number of halogens is 1. The largest absolute Gasteiger partial charge is 0.388 e. The number of benzene rings is 1. The highest BCUT2D eigenvalue weighted by atomic mass is 35.5. The summed E-state index contributed by atoms with van der Waals surface area (Å²) in [4.78, 5) is 1.21. The minimum absolute atomic E-state index is 0.831. The molecule has 1 N–H and O–H groups in total. The Morgan fingerprint density at radius 1 is 1.07 bits per heavy atom. The van der Waals surface area contributed by atoms with Gasteiger partial charge in [0.2, 0.25) is 0 Å². The van der Waals surface area contributed by atoms with E-state index in [2.05, 4.69) is 29.6 Å². The molecule has 0 radical (unpaired) electrons. The number of hydrogen-bond donors (Lipinski definition) is 1. The lowest BCUT2D eigenvalue weighted by Gasteiger charge is -2.00. The van der Waals surface area contributed by atoms with Gasteiger partial charge in [-0.2, -0.15) is 0 Å². The molecule has 1 aromatic carbocycles. The third-order valence-electron chi connectivity index (χ3n) is 2.03. The molecule has 1 nitrogen and oxygen atoms in total. The predicted octanol–water partition coefficient (Wildman–Crippen LogP) is 4.11. The van der Waals surface area contributed by atoms with Gasteiger partial charge in [0.05, 0.1) is 4.34 Å². The number of hydrogen-bond acceptors (Lipinski definition) is 2. The van der Waals surface area contributed by atoms with E-state index in [1.165, 1.54) is 10.4 Å². The van der Waals surface area contributed by atoms with Gasteiger partial charge in [-0.25, -0.2) is 0 Å². The number of rotatable bonds is 2. The molecular formula is C11H10ClNS. The van der Waals surface area contributed by atoms with E-state index in [9.17, 15) is 0 Å². The molecule has 2 rings (SSSR count). The average molecular weight is 224 g/mol. The van der Waals surface area contributed by atoms with E-state index in [1.807, 2.05) is 19.2 Å². The van der Waals surface area contributed by atoms with Crippen LogP contribution in [-0.4, -0.2) is 7.05 Å². The SMILES string of the molecule is CNc1ccc(-c2ccc(Cl)s2)cc1. The van der Waals surface area contributed by atoms with E-state index in [1.54, 1.807) is 11.3 Å². The molecule has 0 aliphatic carbocycles. The van der Waals surface area contributed by atoms with Crippen LogP contribution >= 0.6 is 22.9 Å². The first-order chi connectivity index (χ1) is 6.79. The molecule has 0 saturated heterocycles. The monoisotopic (exact) mass is 223 g/mol. The highest BCUT2D eigenvalue weighted by Gasteiger charge is 2.00. The lowest BCUT2D eigenvalue weighted by Crippen LogP contribution is -1.86. The zero-order valence-corrected chi connectivity index (χ0v) is 9.32. The molecule has 0 spiro atoms. The highest BCUT2D eigenvalue weighted by Crippen LogP contribution is 2.31. The van der Waals surface area contributed by atoms with Crippen molar-refractivity contribution in [1.82, 2.24) is 0 Å². The molecule has 0 unspecified atom stereocenters. The Labute approximate surface area is 92.3 Å². The fraction of sp³-hybridized carbons (Fsp3) is 0.0909. The van der Waals surface area contributed by atoms with Gasteiger partial charge in [0, 0.05) is 17.6 Å². The summed E-state index contributed by atoms with van der Waals surface area (Å²) in [6.07, 6.45) is 0. The lowest BCUT2D eigenvalue weighted by atomic mass is 10.2. The van der Waals surface area contributed by atoms with Gasteiger partial charge >= 0.3 is 0 Å². The summed E-state index contributed by atoms with van der Waals surface area (Å²) in [6, 6.07) is 12.3. The first-order valence-electron chi connectivity index (χ1n) is 4.33. The van der Waals surface area contributed by atoms with Crippen LogP contribution in [0, 0.1) is 0 Å². The van der Waals surface area contributed by atoms with Crippen molar-refractivity contribution < 1.29 is 0 Å². The topological polar surface area (TPSA) is 12.0 Å². The van der Waals surface area contributed by atoms with Gasteiger partial charge in [-0.1, -0.05) is 23.7 Å².